The first-order valence-corrected chi connectivity index (χ1v) is 7.90. The lowest BCUT2D eigenvalue weighted by Gasteiger charge is -2.10. The minimum atomic E-state index is -0.120. The Morgan fingerprint density at radius 3 is 2.38 bits per heavy atom. The Labute approximate surface area is 133 Å². The lowest BCUT2D eigenvalue weighted by atomic mass is 10.1. The number of halogens is 1. The fourth-order valence-electron chi connectivity index (χ4n) is 2.28. The van der Waals surface area contributed by atoms with Gasteiger partial charge in [-0.1, -0.05) is 22.9 Å². The number of benzene rings is 1. The molecule has 0 aliphatic heterocycles. The highest BCUT2D eigenvalue weighted by atomic mass is 79.9. The normalized spacial score (nSPS) is 10.7. The highest BCUT2D eigenvalue weighted by molar-refractivity contribution is 9.10. The number of nitrogens with zero attached hydrogens (tertiary/aromatic N) is 2. The highest BCUT2D eigenvalue weighted by Crippen LogP contribution is 2.25. The van der Waals surface area contributed by atoms with E-state index < -0.39 is 0 Å². The van der Waals surface area contributed by atoms with E-state index in [9.17, 15) is 4.79 Å². The average Bonchev–Trinajstić information content (AvgIpc) is 2.88. The Bertz CT molecular complexity index is 653. The number of hydrogen-bond acceptors (Lipinski definition) is 2. The van der Waals surface area contributed by atoms with Crippen LogP contribution >= 0.6 is 15.9 Å². The standard InChI is InChI=1S/C16H20BrN3O/c1-5-12-9-14(20(6-2)19-12)16(21)18-13-7-10(3)15(17)11(4)8-13/h7-9H,5-6H2,1-4H3,(H,18,21). The Hall–Kier alpha value is -1.62. The van der Waals surface area contributed by atoms with Crippen LogP contribution in [0.5, 0.6) is 0 Å². The molecule has 0 saturated carbocycles. The third-order valence-corrected chi connectivity index (χ3v) is 4.67. The number of aromatic nitrogens is 2. The smallest absolute Gasteiger partial charge is 0.273 e. The third kappa shape index (κ3) is 3.35. The fourth-order valence-corrected chi connectivity index (χ4v) is 2.51. The summed E-state index contributed by atoms with van der Waals surface area (Å²) in [6, 6.07) is 5.78. The molecule has 0 radical (unpaired) electrons. The van der Waals surface area contributed by atoms with Gasteiger partial charge in [-0.3, -0.25) is 9.48 Å². The van der Waals surface area contributed by atoms with E-state index in [2.05, 4.69) is 26.3 Å². The van der Waals surface area contributed by atoms with E-state index in [4.69, 9.17) is 0 Å². The van der Waals surface area contributed by atoms with Gasteiger partial charge in [0.15, 0.2) is 0 Å². The molecule has 4 nitrogen and oxygen atoms in total. The van der Waals surface area contributed by atoms with Crippen molar-refractivity contribution in [2.24, 2.45) is 0 Å². The average molecular weight is 350 g/mol. The van der Waals surface area contributed by atoms with E-state index in [1.165, 1.54) is 0 Å². The zero-order valence-corrected chi connectivity index (χ0v) is 14.4. The molecule has 1 aromatic carbocycles. The number of aryl methyl sites for hydroxylation is 4. The summed E-state index contributed by atoms with van der Waals surface area (Å²) in [5, 5.41) is 7.37. The van der Waals surface area contributed by atoms with Crippen molar-refractivity contribution in [3.63, 3.8) is 0 Å². The molecular weight excluding hydrogens is 330 g/mol. The number of carbonyl (C=O) groups is 1. The van der Waals surface area contributed by atoms with Crippen molar-refractivity contribution < 1.29 is 4.79 Å². The summed E-state index contributed by atoms with van der Waals surface area (Å²) in [6.07, 6.45) is 0.823. The Kier molecular flexibility index (Phi) is 4.83. The summed E-state index contributed by atoms with van der Waals surface area (Å²) in [6.45, 7) is 8.72. The molecule has 112 valence electrons. The molecule has 0 spiro atoms. The van der Waals surface area contributed by atoms with E-state index in [0.717, 1.165) is 33.4 Å². The number of nitrogens with one attached hydrogen (secondary N) is 1. The third-order valence-electron chi connectivity index (χ3n) is 3.42. The summed E-state index contributed by atoms with van der Waals surface area (Å²) in [7, 11) is 0. The van der Waals surface area contributed by atoms with Crippen molar-refractivity contribution in [3.8, 4) is 0 Å². The molecule has 0 unspecified atom stereocenters. The van der Waals surface area contributed by atoms with Gasteiger partial charge in [0, 0.05) is 16.7 Å². The van der Waals surface area contributed by atoms with E-state index in [1.807, 2.05) is 45.9 Å². The second-order valence-electron chi connectivity index (χ2n) is 5.07. The second kappa shape index (κ2) is 6.43. The van der Waals surface area contributed by atoms with E-state index in [1.54, 1.807) is 4.68 Å². The molecule has 2 aromatic rings. The molecule has 5 heteroatoms. The molecule has 0 aliphatic carbocycles. The maximum atomic E-state index is 12.4. The number of amides is 1. The first-order chi connectivity index (χ1) is 9.96. The van der Waals surface area contributed by atoms with E-state index >= 15 is 0 Å². The Balaban J connectivity index is 2.28. The van der Waals surface area contributed by atoms with Crippen LogP contribution in [0, 0.1) is 13.8 Å². The number of hydrogen-bond donors (Lipinski definition) is 1. The molecule has 1 heterocycles. The maximum absolute atomic E-state index is 12.4. The molecule has 1 amide bonds. The van der Waals surface area contributed by atoms with Gasteiger partial charge in [0.1, 0.15) is 5.69 Å². The lowest BCUT2D eigenvalue weighted by Crippen LogP contribution is -2.17. The summed E-state index contributed by atoms with van der Waals surface area (Å²) in [4.78, 5) is 12.4. The Morgan fingerprint density at radius 1 is 1.24 bits per heavy atom. The first kappa shape index (κ1) is 15.8. The van der Waals surface area contributed by atoms with Crippen LogP contribution in [-0.2, 0) is 13.0 Å². The van der Waals surface area contributed by atoms with Crippen molar-refractivity contribution in [2.75, 3.05) is 5.32 Å². The molecule has 0 saturated heterocycles. The predicted octanol–water partition coefficient (Wildman–Crippen LogP) is 4.10. The van der Waals surface area contributed by atoms with Crippen molar-refractivity contribution in [1.29, 1.82) is 0 Å². The van der Waals surface area contributed by atoms with Gasteiger partial charge in [0.25, 0.3) is 5.91 Å². The van der Waals surface area contributed by atoms with Crippen molar-refractivity contribution in [2.45, 2.75) is 40.7 Å². The number of rotatable bonds is 4. The minimum absolute atomic E-state index is 0.120. The summed E-state index contributed by atoms with van der Waals surface area (Å²) in [5.41, 5.74) is 4.55. The van der Waals surface area contributed by atoms with Gasteiger partial charge in [-0.05, 0) is 56.5 Å². The first-order valence-electron chi connectivity index (χ1n) is 7.11. The monoisotopic (exact) mass is 349 g/mol. The van der Waals surface area contributed by atoms with Crippen molar-refractivity contribution in [1.82, 2.24) is 9.78 Å². The number of anilines is 1. The maximum Gasteiger partial charge on any atom is 0.273 e. The molecule has 0 aliphatic rings. The predicted molar refractivity (Wildman–Crippen MR) is 88.8 cm³/mol. The molecule has 0 bridgehead atoms. The molecule has 0 fully saturated rings. The SMILES string of the molecule is CCc1cc(C(=O)Nc2cc(C)c(Br)c(C)c2)n(CC)n1. The number of carbonyl (C=O) groups excluding carboxylic acids is 1. The molecule has 2 rings (SSSR count). The summed E-state index contributed by atoms with van der Waals surface area (Å²) < 4.78 is 2.82. The topological polar surface area (TPSA) is 46.9 Å². The van der Waals surface area contributed by atoms with Gasteiger partial charge >= 0.3 is 0 Å². The van der Waals surface area contributed by atoms with Crippen molar-refractivity contribution in [3.05, 3.63) is 45.2 Å². The van der Waals surface area contributed by atoms with Crippen LogP contribution in [-0.4, -0.2) is 15.7 Å². The minimum Gasteiger partial charge on any atom is -0.321 e. The second-order valence-corrected chi connectivity index (χ2v) is 5.86. The van der Waals surface area contributed by atoms with Crippen LogP contribution in [0.4, 0.5) is 5.69 Å². The highest BCUT2D eigenvalue weighted by Gasteiger charge is 2.14. The van der Waals surface area contributed by atoms with Crippen LogP contribution in [0.25, 0.3) is 0 Å². The van der Waals surface area contributed by atoms with Crippen LogP contribution in [0.2, 0.25) is 0 Å². The van der Waals surface area contributed by atoms with Gasteiger partial charge in [0.05, 0.1) is 5.69 Å². The van der Waals surface area contributed by atoms with Gasteiger partial charge in [-0.25, -0.2) is 0 Å². The van der Waals surface area contributed by atoms with Crippen LogP contribution in [0.1, 0.15) is 41.2 Å². The van der Waals surface area contributed by atoms with Crippen LogP contribution in [0.3, 0.4) is 0 Å². The summed E-state index contributed by atoms with van der Waals surface area (Å²) in [5.74, 6) is -0.120. The molecular formula is C16H20BrN3O. The van der Waals surface area contributed by atoms with E-state index in [-0.39, 0.29) is 5.91 Å². The summed E-state index contributed by atoms with van der Waals surface area (Å²) >= 11 is 3.53. The van der Waals surface area contributed by atoms with Gasteiger partial charge in [-0.15, -0.1) is 0 Å². The van der Waals surface area contributed by atoms with Gasteiger partial charge in [0.2, 0.25) is 0 Å². The lowest BCUT2D eigenvalue weighted by molar-refractivity contribution is 0.101. The molecule has 0 atom stereocenters. The molecule has 1 N–H and O–H groups in total. The van der Waals surface area contributed by atoms with Gasteiger partial charge < -0.3 is 5.32 Å². The van der Waals surface area contributed by atoms with Crippen LogP contribution in [0.15, 0.2) is 22.7 Å². The van der Waals surface area contributed by atoms with E-state index in [0.29, 0.717) is 12.2 Å². The quantitative estimate of drug-likeness (QED) is 0.903. The largest absolute Gasteiger partial charge is 0.321 e. The van der Waals surface area contributed by atoms with Crippen molar-refractivity contribution >= 4 is 27.5 Å². The molecule has 21 heavy (non-hydrogen) atoms. The Morgan fingerprint density at radius 2 is 1.86 bits per heavy atom. The zero-order chi connectivity index (χ0) is 15.6. The van der Waals surface area contributed by atoms with Crippen LogP contribution < -0.4 is 5.32 Å². The zero-order valence-electron chi connectivity index (χ0n) is 12.8. The molecule has 1 aromatic heterocycles. The van der Waals surface area contributed by atoms with Gasteiger partial charge in [-0.2, -0.15) is 5.10 Å². The fraction of sp³-hybridized carbons (Fsp3) is 0.375.